The number of carbonyl (C=O) groups is 1. The van der Waals surface area contributed by atoms with Crippen LogP contribution in [0.5, 0.6) is 0 Å². The molecule has 0 bridgehead atoms. The predicted molar refractivity (Wildman–Crippen MR) is 70.4 cm³/mol. The third-order valence-electron chi connectivity index (χ3n) is 3.11. The summed E-state index contributed by atoms with van der Waals surface area (Å²) in [6.45, 7) is 6.03. The van der Waals surface area contributed by atoms with Crippen LogP contribution in [0.25, 0.3) is 0 Å². The van der Waals surface area contributed by atoms with Crippen LogP contribution in [0.4, 0.5) is 10.5 Å². The molecule has 0 unspecified atom stereocenters. The van der Waals surface area contributed by atoms with Gasteiger partial charge in [-0.05, 0) is 30.0 Å². The van der Waals surface area contributed by atoms with E-state index in [0.717, 1.165) is 25.2 Å². The number of amides is 2. The van der Waals surface area contributed by atoms with E-state index in [1.807, 2.05) is 11.9 Å². The molecule has 92 valence electrons. The van der Waals surface area contributed by atoms with E-state index in [-0.39, 0.29) is 6.03 Å². The molecule has 3 heteroatoms. The summed E-state index contributed by atoms with van der Waals surface area (Å²) >= 11 is 0. The summed E-state index contributed by atoms with van der Waals surface area (Å²) in [4.78, 5) is 15.4. The zero-order valence-electron chi connectivity index (χ0n) is 10.8. The molecule has 2 amide bonds. The van der Waals surface area contributed by atoms with Crippen molar-refractivity contribution in [1.82, 2.24) is 4.90 Å². The first kappa shape index (κ1) is 12.0. The van der Waals surface area contributed by atoms with Gasteiger partial charge in [-0.3, -0.25) is 4.90 Å². The topological polar surface area (TPSA) is 23.6 Å². The van der Waals surface area contributed by atoms with Crippen molar-refractivity contribution < 1.29 is 4.79 Å². The normalized spacial score (nSPS) is 16.1. The Labute approximate surface area is 103 Å². The van der Waals surface area contributed by atoms with Gasteiger partial charge in [0, 0.05) is 25.8 Å². The molecule has 0 aliphatic carbocycles. The lowest BCUT2D eigenvalue weighted by Gasteiger charge is -2.16. The Morgan fingerprint density at radius 3 is 2.29 bits per heavy atom. The first-order chi connectivity index (χ1) is 8.08. The van der Waals surface area contributed by atoms with Crippen molar-refractivity contribution in [3.63, 3.8) is 0 Å². The van der Waals surface area contributed by atoms with Gasteiger partial charge in [-0.25, -0.2) is 4.79 Å². The van der Waals surface area contributed by atoms with E-state index in [1.165, 1.54) is 5.56 Å². The third kappa shape index (κ3) is 2.60. The molecule has 0 radical (unpaired) electrons. The van der Waals surface area contributed by atoms with Gasteiger partial charge in [-0.1, -0.05) is 26.0 Å². The predicted octanol–water partition coefficient (Wildman–Crippen LogP) is 2.76. The van der Waals surface area contributed by atoms with E-state index in [1.54, 1.807) is 4.90 Å². The summed E-state index contributed by atoms with van der Waals surface area (Å²) in [5.74, 6) is 0.667. The minimum atomic E-state index is 0.0987. The maximum Gasteiger partial charge on any atom is 0.324 e. The third-order valence-corrected chi connectivity index (χ3v) is 3.11. The van der Waals surface area contributed by atoms with Crippen LogP contribution in [0, 0.1) is 5.92 Å². The van der Waals surface area contributed by atoms with Crippen molar-refractivity contribution in [2.45, 2.75) is 20.3 Å². The van der Waals surface area contributed by atoms with Crippen molar-refractivity contribution in [2.75, 3.05) is 25.0 Å². The van der Waals surface area contributed by atoms with Gasteiger partial charge in [-0.15, -0.1) is 0 Å². The second kappa shape index (κ2) is 4.78. The van der Waals surface area contributed by atoms with Gasteiger partial charge < -0.3 is 4.90 Å². The van der Waals surface area contributed by atoms with Gasteiger partial charge in [0.2, 0.25) is 0 Å². The maximum absolute atomic E-state index is 11.8. The molecule has 3 nitrogen and oxygen atoms in total. The molecular weight excluding hydrogens is 212 g/mol. The first-order valence-corrected chi connectivity index (χ1v) is 6.19. The Bertz CT molecular complexity index is 397. The summed E-state index contributed by atoms with van der Waals surface area (Å²) in [6, 6.07) is 8.45. The molecule has 1 heterocycles. The zero-order valence-corrected chi connectivity index (χ0v) is 10.8. The summed E-state index contributed by atoms with van der Waals surface area (Å²) < 4.78 is 0. The van der Waals surface area contributed by atoms with Crippen LogP contribution in [0.15, 0.2) is 24.3 Å². The molecule has 0 spiro atoms. The Balaban J connectivity index is 2.10. The molecule has 17 heavy (non-hydrogen) atoms. The number of rotatable bonds is 3. The van der Waals surface area contributed by atoms with Crippen LogP contribution in [-0.2, 0) is 6.42 Å². The van der Waals surface area contributed by atoms with Gasteiger partial charge in [0.25, 0.3) is 0 Å². The van der Waals surface area contributed by atoms with Gasteiger partial charge in [0.05, 0.1) is 0 Å². The number of hydrogen-bond acceptors (Lipinski definition) is 1. The van der Waals surface area contributed by atoms with Crippen molar-refractivity contribution in [3.05, 3.63) is 29.8 Å². The average Bonchev–Trinajstić information content (AvgIpc) is 2.60. The smallest absolute Gasteiger partial charge is 0.324 e. The van der Waals surface area contributed by atoms with Gasteiger partial charge in [0.15, 0.2) is 0 Å². The molecule has 2 rings (SSSR count). The molecule has 1 aromatic carbocycles. The van der Waals surface area contributed by atoms with Crippen molar-refractivity contribution in [1.29, 1.82) is 0 Å². The number of carbonyl (C=O) groups excluding carboxylic acids is 1. The highest BCUT2D eigenvalue weighted by atomic mass is 16.2. The van der Waals surface area contributed by atoms with Gasteiger partial charge in [-0.2, -0.15) is 0 Å². The number of urea groups is 1. The lowest BCUT2D eigenvalue weighted by Crippen LogP contribution is -2.29. The van der Waals surface area contributed by atoms with E-state index in [9.17, 15) is 4.79 Å². The fraction of sp³-hybridized carbons (Fsp3) is 0.500. The Morgan fingerprint density at radius 1 is 1.18 bits per heavy atom. The van der Waals surface area contributed by atoms with E-state index < -0.39 is 0 Å². The highest BCUT2D eigenvalue weighted by Crippen LogP contribution is 2.20. The Morgan fingerprint density at radius 2 is 1.82 bits per heavy atom. The molecule has 0 N–H and O–H groups in total. The molecule has 0 atom stereocenters. The fourth-order valence-electron chi connectivity index (χ4n) is 2.17. The van der Waals surface area contributed by atoms with Crippen LogP contribution < -0.4 is 4.90 Å². The summed E-state index contributed by atoms with van der Waals surface area (Å²) in [5.41, 5.74) is 2.34. The Hall–Kier alpha value is -1.51. The average molecular weight is 232 g/mol. The second-order valence-electron chi connectivity index (χ2n) is 5.12. The van der Waals surface area contributed by atoms with E-state index in [0.29, 0.717) is 5.92 Å². The lowest BCUT2D eigenvalue weighted by atomic mass is 10.0. The lowest BCUT2D eigenvalue weighted by molar-refractivity contribution is 0.229. The SMILES string of the molecule is CC(C)Cc1ccc(N2CCN(C)C2=O)cc1. The maximum atomic E-state index is 11.8. The fourth-order valence-corrected chi connectivity index (χ4v) is 2.17. The number of nitrogens with zero attached hydrogens (tertiary/aromatic N) is 2. The molecule has 1 aliphatic rings. The quantitative estimate of drug-likeness (QED) is 0.786. The highest BCUT2D eigenvalue weighted by molar-refractivity contribution is 5.93. The van der Waals surface area contributed by atoms with Crippen LogP contribution in [0.3, 0.4) is 0 Å². The van der Waals surface area contributed by atoms with Gasteiger partial charge >= 0.3 is 6.03 Å². The minimum Gasteiger partial charge on any atom is -0.326 e. The summed E-state index contributed by atoms with van der Waals surface area (Å²) in [6.07, 6.45) is 1.09. The van der Waals surface area contributed by atoms with E-state index in [4.69, 9.17) is 0 Å². The van der Waals surface area contributed by atoms with Gasteiger partial charge in [0.1, 0.15) is 0 Å². The number of likely N-dealkylation sites (N-methyl/N-ethyl adjacent to an activating group) is 1. The zero-order chi connectivity index (χ0) is 12.4. The van der Waals surface area contributed by atoms with Crippen molar-refractivity contribution in [2.24, 2.45) is 5.92 Å². The summed E-state index contributed by atoms with van der Waals surface area (Å²) in [5, 5.41) is 0. The van der Waals surface area contributed by atoms with E-state index >= 15 is 0 Å². The minimum absolute atomic E-state index is 0.0987. The highest BCUT2D eigenvalue weighted by Gasteiger charge is 2.26. The number of anilines is 1. The van der Waals surface area contributed by atoms with Crippen LogP contribution >= 0.6 is 0 Å². The second-order valence-corrected chi connectivity index (χ2v) is 5.12. The molecule has 0 aromatic heterocycles. The van der Waals surface area contributed by atoms with Crippen molar-refractivity contribution >= 4 is 11.7 Å². The molecule has 1 aromatic rings. The standard InChI is InChI=1S/C14H20N2O/c1-11(2)10-12-4-6-13(7-5-12)16-9-8-15(3)14(16)17/h4-7,11H,8-10H2,1-3H3. The van der Waals surface area contributed by atoms with Crippen LogP contribution in [0.1, 0.15) is 19.4 Å². The number of hydrogen-bond donors (Lipinski definition) is 0. The summed E-state index contributed by atoms with van der Waals surface area (Å²) in [7, 11) is 1.84. The van der Waals surface area contributed by atoms with Crippen LogP contribution in [-0.4, -0.2) is 31.1 Å². The van der Waals surface area contributed by atoms with E-state index in [2.05, 4.69) is 38.1 Å². The molecular formula is C14H20N2O. The molecule has 1 saturated heterocycles. The van der Waals surface area contributed by atoms with Crippen molar-refractivity contribution in [3.8, 4) is 0 Å². The monoisotopic (exact) mass is 232 g/mol. The Kier molecular flexibility index (Phi) is 3.36. The molecule has 0 saturated carbocycles. The first-order valence-electron chi connectivity index (χ1n) is 6.19. The molecule has 1 aliphatic heterocycles. The molecule has 1 fully saturated rings. The largest absolute Gasteiger partial charge is 0.326 e. The van der Waals surface area contributed by atoms with Crippen LogP contribution in [0.2, 0.25) is 0 Å². The number of benzene rings is 1.